The summed E-state index contributed by atoms with van der Waals surface area (Å²) in [6, 6.07) is 17.7. The first-order valence-electron chi connectivity index (χ1n) is 9.93. The number of aromatic nitrogens is 1. The normalized spacial score (nSPS) is 16.7. The van der Waals surface area contributed by atoms with E-state index in [0.717, 1.165) is 23.7 Å². The molecular weight excluding hydrogens is 384 g/mol. The van der Waals surface area contributed by atoms with Crippen LogP contribution >= 0.6 is 0 Å². The number of rotatable bonds is 6. The largest absolute Gasteiger partial charge is 0.381 e. The molecule has 4 rings (SSSR count). The molecule has 0 atom stereocenters. The average Bonchev–Trinajstić information content (AvgIpc) is 2.74. The molecule has 0 amide bonds. The van der Waals surface area contributed by atoms with Gasteiger partial charge in [-0.05, 0) is 42.5 Å². The third-order valence-electron chi connectivity index (χ3n) is 5.86. The summed E-state index contributed by atoms with van der Waals surface area (Å²) in [4.78, 5) is 4.38. The van der Waals surface area contributed by atoms with Gasteiger partial charge in [-0.1, -0.05) is 48.5 Å². The summed E-state index contributed by atoms with van der Waals surface area (Å²) in [5.74, 6) is -0.0816. The minimum absolute atomic E-state index is 0.0816. The van der Waals surface area contributed by atoms with Gasteiger partial charge in [-0.3, -0.25) is 4.98 Å². The number of aryl methyl sites for hydroxylation is 1. The third kappa shape index (κ3) is 4.34. The maximum absolute atomic E-state index is 13.0. The lowest BCUT2D eigenvalue weighted by molar-refractivity contribution is 0.0515. The molecule has 2 heterocycles. The second-order valence-electron chi connectivity index (χ2n) is 7.78. The van der Waals surface area contributed by atoms with Crippen molar-refractivity contribution >= 4 is 20.9 Å². The summed E-state index contributed by atoms with van der Waals surface area (Å²) in [6.45, 7) is 3.75. The molecule has 3 aromatic rings. The third-order valence-corrected chi connectivity index (χ3v) is 7.13. The van der Waals surface area contributed by atoms with Crippen molar-refractivity contribution in [3.63, 3.8) is 0 Å². The van der Waals surface area contributed by atoms with Crippen LogP contribution < -0.4 is 4.72 Å². The molecule has 6 heteroatoms. The maximum atomic E-state index is 13.0. The summed E-state index contributed by atoms with van der Waals surface area (Å²) in [5.41, 5.74) is 3.60. The van der Waals surface area contributed by atoms with Crippen molar-refractivity contribution in [3.8, 4) is 0 Å². The van der Waals surface area contributed by atoms with E-state index in [1.807, 2.05) is 42.5 Å². The Kier molecular flexibility index (Phi) is 5.67. The molecule has 1 aliphatic rings. The molecule has 0 aliphatic carbocycles. The van der Waals surface area contributed by atoms with Gasteiger partial charge < -0.3 is 4.74 Å². The second kappa shape index (κ2) is 8.22. The van der Waals surface area contributed by atoms with E-state index in [-0.39, 0.29) is 11.2 Å². The molecule has 1 aromatic heterocycles. The number of pyridine rings is 1. The van der Waals surface area contributed by atoms with Gasteiger partial charge >= 0.3 is 0 Å². The van der Waals surface area contributed by atoms with E-state index in [0.29, 0.717) is 25.3 Å². The first kappa shape index (κ1) is 20.0. The molecular formula is C23H26N2O3S. The zero-order valence-corrected chi connectivity index (χ0v) is 17.4. The van der Waals surface area contributed by atoms with Crippen LogP contribution in [-0.2, 0) is 25.9 Å². The van der Waals surface area contributed by atoms with E-state index < -0.39 is 10.0 Å². The molecule has 0 bridgehead atoms. The van der Waals surface area contributed by atoms with Crippen LogP contribution in [0, 0.1) is 6.92 Å². The topological polar surface area (TPSA) is 68.3 Å². The lowest BCUT2D eigenvalue weighted by Gasteiger charge is -2.39. The van der Waals surface area contributed by atoms with E-state index in [4.69, 9.17) is 4.74 Å². The molecule has 0 spiro atoms. The molecule has 0 radical (unpaired) electrons. The van der Waals surface area contributed by atoms with E-state index in [1.165, 1.54) is 11.1 Å². The Labute approximate surface area is 172 Å². The predicted octanol–water partition coefficient (Wildman–Crippen LogP) is 3.71. The second-order valence-corrected chi connectivity index (χ2v) is 9.59. The van der Waals surface area contributed by atoms with Crippen LogP contribution in [0.3, 0.4) is 0 Å². The summed E-state index contributed by atoms with van der Waals surface area (Å²) in [5, 5.41) is 0.945. The van der Waals surface area contributed by atoms with Crippen LogP contribution in [0.15, 0.2) is 60.8 Å². The highest BCUT2D eigenvalue weighted by molar-refractivity contribution is 7.88. The number of sulfonamides is 1. The summed E-state index contributed by atoms with van der Waals surface area (Å²) >= 11 is 0. The van der Waals surface area contributed by atoms with Gasteiger partial charge in [0.2, 0.25) is 10.0 Å². The molecule has 1 N–H and O–H groups in total. The van der Waals surface area contributed by atoms with E-state index >= 15 is 0 Å². The molecule has 0 unspecified atom stereocenters. The van der Waals surface area contributed by atoms with E-state index in [1.54, 1.807) is 6.20 Å². The Morgan fingerprint density at radius 2 is 1.79 bits per heavy atom. The average molecular weight is 411 g/mol. The quantitative estimate of drug-likeness (QED) is 0.673. The molecule has 0 saturated carbocycles. The highest BCUT2D eigenvalue weighted by Crippen LogP contribution is 2.36. The molecule has 1 fully saturated rings. The Morgan fingerprint density at radius 3 is 2.59 bits per heavy atom. The van der Waals surface area contributed by atoms with E-state index in [9.17, 15) is 8.42 Å². The molecule has 5 nitrogen and oxygen atoms in total. The predicted molar refractivity (Wildman–Crippen MR) is 115 cm³/mol. The van der Waals surface area contributed by atoms with Crippen LogP contribution in [-0.4, -0.2) is 33.2 Å². The lowest BCUT2D eigenvalue weighted by Crippen LogP contribution is -2.45. The smallest absolute Gasteiger partial charge is 0.215 e. The molecule has 29 heavy (non-hydrogen) atoms. The number of fused-ring (bicyclic) bond motifs is 1. The molecule has 1 saturated heterocycles. The number of para-hydroxylation sites is 1. The van der Waals surface area contributed by atoms with Gasteiger partial charge in [0.25, 0.3) is 0 Å². The van der Waals surface area contributed by atoms with Crippen molar-refractivity contribution in [2.45, 2.75) is 30.9 Å². The van der Waals surface area contributed by atoms with Crippen molar-refractivity contribution < 1.29 is 13.2 Å². The first-order valence-corrected chi connectivity index (χ1v) is 11.6. The maximum Gasteiger partial charge on any atom is 0.215 e. The van der Waals surface area contributed by atoms with Gasteiger partial charge in [-0.25, -0.2) is 13.1 Å². The summed E-state index contributed by atoms with van der Waals surface area (Å²) in [6.07, 6.45) is 3.30. The molecule has 2 aromatic carbocycles. The van der Waals surface area contributed by atoms with Crippen LogP contribution in [0.25, 0.3) is 10.9 Å². The fourth-order valence-corrected chi connectivity index (χ4v) is 5.50. The number of hydrogen-bond donors (Lipinski definition) is 1. The van der Waals surface area contributed by atoms with Crippen LogP contribution in [0.4, 0.5) is 0 Å². The van der Waals surface area contributed by atoms with Crippen molar-refractivity contribution in [2.75, 3.05) is 19.8 Å². The van der Waals surface area contributed by atoms with Gasteiger partial charge in [0, 0.05) is 36.8 Å². The Bertz CT molecular complexity index is 1100. The van der Waals surface area contributed by atoms with Crippen molar-refractivity contribution in [1.29, 1.82) is 0 Å². The lowest BCUT2D eigenvalue weighted by atomic mass is 9.73. The number of nitrogens with one attached hydrogen (secondary N) is 1. The highest BCUT2D eigenvalue weighted by Gasteiger charge is 2.36. The van der Waals surface area contributed by atoms with Gasteiger partial charge in [0.15, 0.2) is 0 Å². The monoisotopic (exact) mass is 410 g/mol. The van der Waals surface area contributed by atoms with Crippen LogP contribution in [0.2, 0.25) is 0 Å². The van der Waals surface area contributed by atoms with Gasteiger partial charge in [-0.15, -0.1) is 0 Å². The zero-order chi connectivity index (χ0) is 20.3. The minimum atomic E-state index is -3.52. The van der Waals surface area contributed by atoms with Gasteiger partial charge in [-0.2, -0.15) is 0 Å². The zero-order valence-electron chi connectivity index (χ0n) is 16.6. The molecule has 1 aliphatic heterocycles. The Balaban J connectivity index is 1.57. The van der Waals surface area contributed by atoms with Crippen LogP contribution in [0.1, 0.15) is 29.5 Å². The van der Waals surface area contributed by atoms with Crippen LogP contribution in [0.5, 0.6) is 0 Å². The first-order chi connectivity index (χ1) is 14.0. The van der Waals surface area contributed by atoms with Gasteiger partial charge in [0.1, 0.15) is 0 Å². The fourth-order valence-electron chi connectivity index (χ4n) is 4.26. The van der Waals surface area contributed by atoms with E-state index in [2.05, 4.69) is 28.8 Å². The number of nitrogens with zero attached hydrogens (tertiary/aromatic N) is 1. The number of benzene rings is 2. The van der Waals surface area contributed by atoms with Gasteiger partial charge in [0.05, 0.1) is 11.3 Å². The minimum Gasteiger partial charge on any atom is -0.381 e. The van der Waals surface area contributed by atoms with Crippen molar-refractivity contribution in [1.82, 2.24) is 9.71 Å². The number of ether oxygens (including phenoxy) is 1. The molecule has 152 valence electrons. The highest BCUT2D eigenvalue weighted by atomic mass is 32.2. The Hall–Kier alpha value is -2.28. The fraction of sp³-hybridized carbons (Fsp3) is 0.348. The SMILES string of the molecule is Cc1ccccc1C1(CNS(=O)(=O)Cc2cccc3cccnc23)CCOCC1. The van der Waals surface area contributed by atoms with Crippen molar-refractivity contribution in [3.05, 3.63) is 77.5 Å². The summed E-state index contributed by atoms with van der Waals surface area (Å²) in [7, 11) is -3.52. The van der Waals surface area contributed by atoms with Crippen molar-refractivity contribution in [2.24, 2.45) is 0 Å². The number of hydrogen-bond acceptors (Lipinski definition) is 4. The Morgan fingerprint density at radius 1 is 1.03 bits per heavy atom. The summed E-state index contributed by atoms with van der Waals surface area (Å²) < 4.78 is 34.4. The standard InChI is InChI=1S/C23H26N2O3S/c1-18-6-2-3-10-21(18)23(11-14-28-15-12-23)17-25-29(26,27)16-20-8-4-7-19-9-5-13-24-22(19)20/h2-10,13,25H,11-12,14-17H2,1H3.